The molecule has 0 heterocycles. The smallest absolute Gasteiger partial charge is 0.0373 e. The maximum Gasteiger partial charge on any atom is 0.0373 e. The average molecular weight is 220 g/mol. The molecule has 1 N–H and O–H groups in total. The first-order valence-corrected chi connectivity index (χ1v) is 6.09. The molecule has 0 saturated heterocycles. The minimum Gasteiger partial charge on any atom is -0.382 e. The Labute approximate surface area is 99.7 Å². The van der Waals surface area contributed by atoms with Gasteiger partial charge in [-0.3, -0.25) is 0 Å². The molecule has 16 heavy (non-hydrogen) atoms. The number of nitrogens with zero attached hydrogens (tertiary/aromatic N) is 1. The molecule has 2 heteroatoms. The summed E-state index contributed by atoms with van der Waals surface area (Å²) in [7, 11) is 4.14. The third kappa shape index (κ3) is 3.44. The molecule has 1 rings (SSSR count). The quantitative estimate of drug-likeness (QED) is 0.814. The van der Waals surface area contributed by atoms with Gasteiger partial charge >= 0.3 is 0 Å². The number of hydrogen-bond donors (Lipinski definition) is 1. The molecule has 1 aromatic carbocycles. The van der Waals surface area contributed by atoms with Gasteiger partial charge in [0.15, 0.2) is 0 Å². The van der Waals surface area contributed by atoms with E-state index in [-0.39, 0.29) is 0 Å². The topological polar surface area (TPSA) is 15.3 Å². The van der Waals surface area contributed by atoms with Crippen LogP contribution in [-0.2, 0) is 0 Å². The number of aryl methyl sites for hydroxylation is 1. The SMILES string of the molecule is CCCC(C)Nc1ccc(N(C)C)cc1C. The number of hydrogen-bond acceptors (Lipinski definition) is 2. The van der Waals surface area contributed by atoms with Gasteiger partial charge < -0.3 is 10.2 Å². The minimum atomic E-state index is 0.550. The van der Waals surface area contributed by atoms with Crippen LogP contribution in [0.2, 0.25) is 0 Å². The van der Waals surface area contributed by atoms with Gasteiger partial charge in [0.05, 0.1) is 0 Å². The number of nitrogens with one attached hydrogen (secondary N) is 1. The third-order valence-corrected chi connectivity index (χ3v) is 2.85. The molecule has 1 aromatic rings. The fraction of sp³-hybridized carbons (Fsp3) is 0.571. The Bertz CT molecular complexity index is 332. The van der Waals surface area contributed by atoms with E-state index in [1.54, 1.807) is 0 Å². The summed E-state index contributed by atoms with van der Waals surface area (Å²) in [4.78, 5) is 2.13. The molecule has 90 valence electrons. The molecular formula is C14H24N2. The lowest BCUT2D eigenvalue weighted by molar-refractivity contribution is 0.690. The van der Waals surface area contributed by atoms with Gasteiger partial charge in [-0.05, 0) is 44.0 Å². The van der Waals surface area contributed by atoms with Crippen LogP contribution < -0.4 is 10.2 Å². The van der Waals surface area contributed by atoms with Gasteiger partial charge in [0.25, 0.3) is 0 Å². The van der Waals surface area contributed by atoms with Gasteiger partial charge in [-0.15, -0.1) is 0 Å². The van der Waals surface area contributed by atoms with E-state index in [0.29, 0.717) is 6.04 Å². The number of anilines is 2. The van der Waals surface area contributed by atoms with E-state index in [2.05, 4.69) is 63.3 Å². The van der Waals surface area contributed by atoms with Crippen molar-refractivity contribution in [1.29, 1.82) is 0 Å². The van der Waals surface area contributed by atoms with Gasteiger partial charge in [-0.1, -0.05) is 13.3 Å². The summed E-state index contributed by atoms with van der Waals surface area (Å²) in [6.07, 6.45) is 2.44. The zero-order valence-corrected chi connectivity index (χ0v) is 11.2. The monoisotopic (exact) mass is 220 g/mol. The van der Waals surface area contributed by atoms with Crippen molar-refractivity contribution in [3.05, 3.63) is 23.8 Å². The highest BCUT2D eigenvalue weighted by molar-refractivity contribution is 5.60. The second kappa shape index (κ2) is 5.78. The lowest BCUT2D eigenvalue weighted by Gasteiger charge is -2.19. The van der Waals surface area contributed by atoms with Crippen molar-refractivity contribution in [2.24, 2.45) is 0 Å². The molecule has 0 radical (unpaired) electrons. The Hall–Kier alpha value is -1.18. The van der Waals surface area contributed by atoms with E-state index >= 15 is 0 Å². The summed E-state index contributed by atoms with van der Waals surface area (Å²) < 4.78 is 0. The Balaban J connectivity index is 2.75. The molecule has 0 amide bonds. The van der Waals surface area contributed by atoms with Crippen molar-refractivity contribution in [1.82, 2.24) is 0 Å². The molecule has 1 unspecified atom stereocenters. The lowest BCUT2D eigenvalue weighted by Crippen LogP contribution is -2.15. The van der Waals surface area contributed by atoms with Crippen molar-refractivity contribution in [3.8, 4) is 0 Å². The molecule has 0 aliphatic carbocycles. The molecule has 0 fully saturated rings. The molecule has 2 nitrogen and oxygen atoms in total. The van der Waals surface area contributed by atoms with Crippen LogP contribution >= 0.6 is 0 Å². The van der Waals surface area contributed by atoms with Crippen molar-refractivity contribution in [3.63, 3.8) is 0 Å². The number of benzene rings is 1. The molecule has 1 atom stereocenters. The highest BCUT2D eigenvalue weighted by Gasteiger charge is 2.04. The highest BCUT2D eigenvalue weighted by Crippen LogP contribution is 2.22. The van der Waals surface area contributed by atoms with E-state index in [1.165, 1.54) is 29.8 Å². The predicted molar refractivity (Wildman–Crippen MR) is 73.5 cm³/mol. The average Bonchev–Trinajstić information content (AvgIpc) is 2.21. The first-order chi connectivity index (χ1) is 7.54. The van der Waals surface area contributed by atoms with E-state index in [9.17, 15) is 0 Å². The normalized spacial score (nSPS) is 12.3. The maximum absolute atomic E-state index is 3.56. The summed E-state index contributed by atoms with van der Waals surface area (Å²) in [5.41, 5.74) is 3.83. The van der Waals surface area contributed by atoms with Crippen LogP contribution in [0.3, 0.4) is 0 Å². The largest absolute Gasteiger partial charge is 0.382 e. The standard InChI is InChI=1S/C14H24N2/c1-6-7-12(3)15-14-9-8-13(16(4)5)10-11(14)2/h8-10,12,15H,6-7H2,1-5H3. The highest BCUT2D eigenvalue weighted by atomic mass is 15.1. The summed E-state index contributed by atoms with van der Waals surface area (Å²) in [5.74, 6) is 0. The number of rotatable bonds is 5. The van der Waals surface area contributed by atoms with Crippen LogP contribution in [-0.4, -0.2) is 20.1 Å². The first-order valence-electron chi connectivity index (χ1n) is 6.09. The van der Waals surface area contributed by atoms with Crippen molar-refractivity contribution < 1.29 is 0 Å². The first kappa shape index (κ1) is 12.9. The lowest BCUT2D eigenvalue weighted by atomic mass is 10.1. The molecule has 0 spiro atoms. The second-order valence-corrected chi connectivity index (χ2v) is 4.73. The van der Waals surface area contributed by atoms with Crippen molar-refractivity contribution in [2.75, 3.05) is 24.3 Å². The summed E-state index contributed by atoms with van der Waals surface area (Å²) in [5, 5.41) is 3.56. The fourth-order valence-electron chi connectivity index (χ4n) is 1.86. The molecule has 0 aliphatic heterocycles. The van der Waals surface area contributed by atoms with E-state index in [0.717, 1.165) is 0 Å². The molecule has 0 saturated carbocycles. The molecule has 0 aliphatic rings. The third-order valence-electron chi connectivity index (χ3n) is 2.85. The van der Waals surface area contributed by atoms with Crippen LogP contribution in [0.25, 0.3) is 0 Å². The van der Waals surface area contributed by atoms with Gasteiger partial charge in [0.2, 0.25) is 0 Å². The minimum absolute atomic E-state index is 0.550. The zero-order valence-electron chi connectivity index (χ0n) is 11.2. The second-order valence-electron chi connectivity index (χ2n) is 4.73. The maximum atomic E-state index is 3.56. The van der Waals surface area contributed by atoms with Gasteiger partial charge in [0, 0.05) is 31.5 Å². The Morgan fingerprint density at radius 3 is 2.50 bits per heavy atom. The Morgan fingerprint density at radius 2 is 2.00 bits per heavy atom. The summed E-state index contributed by atoms with van der Waals surface area (Å²) >= 11 is 0. The summed E-state index contributed by atoms with van der Waals surface area (Å²) in [6.45, 7) is 6.62. The van der Waals surface area contributed by atoms with Crippen LogP contribution in [0.4, 0.5) is 11.4 Å². The van der Waals surface area contributed by atoms with Crippen molar-refractivity contribution in [2.45, 2.75) is 39.7 Å². The summed E-state index contributed by atoms with van der Waals surface area (Å²) in [6, 6.07) is 7.11. The van der Waals surface area contributed by atoms with E-state index in [4.69, 9.17) is 0 Å². The molecule has 0 bridgehead atoms. The Kier molecular flexibility index (Phi) is 4.66. The van der Waals surface area contributed by atoms with Crippen LogP contribution in [0, 0.1) is 6.92 Å². The van der Waals surface area contributed by atoms with Gasteiger partial charge in [-0.25, -0.2) is 0 Å². The van der Waals surface area contributed by atoms with Crippen molar-refractivity contribution >= 4 is 11.4 Å². The zero-order chi connectivity index (χ0) is 12.1. The van der Waals surface area contributed by atoms with Gasteiger partial charge in [-0.2, -0.15) is 0 Å². The van der Waals surface area contributed by atoms with Crippen LogP contribution in [0.1, 0.15) is 32.3 Å². The molecule has 0 aromatic heterocycles. The fourth-order valence-corrected chi connectivity index (χ4v) is 1.86. The van der Waals surface area contributed by atoms with Crippen LogP contribution in [0.5, 0.6) is 0 Å². The Morgan fingerprint density at radius 1 is 1.31 bits per heavy atom. The predicted octanol–water partition coefficient (Wildman–Crippen LogP) is 3.66. The van der Waals surface area contributed by atoms with Crippen LogP contribution in [0.15, 0.2) is 18.2 Å². The molecular weight excluding hydrogens is 196 g/mol. The van der Waals surface area contributed by atoms with E-state index in [1.807, 2.05) is 0 Å². The van der Waals surface area contributed by atoms with E-state index < -0.39 is 0 Å². The van der Waals surface area contributed by atoms with Gasteiger partial charge in [0.1, 0.15) is 0 Å².